The third-order valence-corrected chi connectivity index (χ3v) is 3.63. The molecule has 0 spiro atoms. The van der Waals surface area contributed by atoms with Gasteiger partial charge in [-0.05, 0) is 73.1 Å². The van der Waals surface area contributed by atoms with Crippen LogP contribution in [0.15, 0.2) is 47.1 Å². The molecule has 0 heterocycles. The lowest BCUT2D eigenvalue weighted by molar-refractivity contribution is -0.138. The van der Waals surface area contributed by atoms with Crippen molar-refractivity contribution in [2.75, 3.05) is 6.61 Å². The van der Waals surface area contributed by atoms with Gasteiger partial charge in [0, 0.05) is 5.57 Å². The fourth-order valence-electron chi connectivity index (χ4n) is 2.17. The van der Waals surface area contributed by atoms with Gasteiger partial charge >= 0.3 is 5.97 Å². The molecular formula is C21H34O2. The number of esters is 1. The van der Waals surface area contributed by atoms with Crippen LogP contribution >= 0.6 is 0 Å². The Morgan fingerprint density at radius 2 is 1.35 bits per heavy atom. The van der Waals surface area contributed by atoms with Gasteiger partial charge in [0.2, 0.25) is 0 Å². The molecule has 0 saturated heterocycles. The van der Waals surface area contributed by atoms with Gasteiger partial charge in [-0.25, -0.2) is 4.79 Å². The SMILES string of the molecule is C=C(CCC=C(C)CCC=C(C)CCC=C(C)C)C(=O)OCC. The summed E-state index contributed by atoms with van der Waals surface area (Å²) in [7, 11) is 0. The van der Waals surface area contributed by atoms with Crippen molar-refractivity contribution >= 4 is 5.97 Å². The maximum atomic E-state index is 11.4. The standard InChI is InChI=1S/C21H34O2/c1-7-23-21(22)20(6)16-10-15-19(5)14-9-13-18(4)12-8-11-17(2)3/h11,13,15H,6-10,12,14,16H2,1-5H3. The van der Waals surface area contributed by atoms with E-state index in [1.54, 1.807) is 0 Å². The number of carbonyl (C=O) groups excluding carboxylic acids is 1. The molecule has 0 aliphatic heterocycles. The van der Waals surface area contributed by atoms with Gasteiger partial charge in [-0.2, -0.15) is 0 Å². The zero-order valence-electron chi connectivity index (χ0n) is 15.7. The molecule has 0 saturated carbocycles. The van der Waals surface area contributed by atoms with Gasteiger partial charge in [-0.15, -0.1) is 0 Å². The average Bonchev–Trinajstić information content (AvgIpc) is 2.46. The van der Waals surface area contributed by atoms with Crippen molar-refractivity contribution in [1.29, 1.82) is 0 Å². The predicted octanol–water partition coefficient (Wildman–Crippen LogP) is 6.31. The van der Waals surface area contributed by atoms with Gasteiger partial charge in [0.15, 0.2) is 0 Å². The van der Waals surface area contributed by atoms with Crippen molar-refractivity contribution in [2.24, 2.45) is 0 Å². The number of allylic oxidation sites excluding steroid dienone is 6. The first-order valence-electron chi connectivity index (χ1n) is 8.66. The second-order valence-electron chi connectivity index (χ2n) is 6.32. The molecule has 0 N–H and O–H groups in total. The molecule has 0 radical (unpaired) electrons. The molecule has 0 atom stereocenters. The largest absolute Gasteiger partial charge is 0.463 e. The molecule has 0 fully saturated rings. The lowest BCUT2D eigenvalue weighted by Crippen LogP contribution is -2.06. The fourth-order valence-corrected chi connectivity index (χ4v) is 2.17. The van der Waals surface area contributed by atoms with Gasteiger partial charge in [0.1, 0.15) is 0 Å². The number of rotatable bonds is 11. The third-order valence-electron chi connectivity index (χ3n) is 3.63. The highest BCUT2D eigenvalue weighted by atomic mass is 16.5. The molecular weight excluding hydrogens is 284 g/mol. The van der Waals surface area contributed by atoms with E-state index in [0.717, 1.165) is 32.1 Å². The smallest absolute Gasteiger partial charge is 0.333 e. The van der Waals surface area contributed by atoms with E-state index in [0.29, 0.717) is 18.6 Å². The summed E-state index contributed by atoms with van der Waals surface area (Å²) in [5, 5.41) is 0. The molecule has 0 aliphatic carbocycles. The Hall–Kier alpha value is -1.57. The highest BCUT2D eigenvalue weighted by Crippen LogP contribution is 2.13. The summed E-state index contributed by atoms with van der Waals surface area (Å²) in [4.78, 5) is 11.4. The summed E-state index contributed by atoms with van der Waals surface area (Å²) in [6.07, 6.45) is 12.8. The monoisotopic (exact) mass is 318 g/mol. The van der Waals surface area contributed by atoms with Crippen molar-refractivity contribution < 1.29 is 9.53 Å². The van der Waals surface area contributed by atoms with Crippen molar-refractivity contribution in [3.8, 4) is 0 Å². The Morgan fingerprint density at radius 3 is 1.83 bits per heavy atom. The van der Waals surface area contributed by atoms with Crippen molar-refractivity contribution in [1.82, 2.24) is 0 Å². The molecule has 0 aromatic rings. The molecule has 0 aromatic carbocycles. The average molecular weight is 319 g/mol. The van der Waals surface area contributed by atoms with Crippen molar-refractivity contribution in [3.63, 3.8) is 0 Å². The Balaban J connectivity index is 4.00. The summed E-state index contributed by atoms with van der Waals surface area (Å²) < 4.78 is 4.93. The zero-order chi connectivity index (χ0) is 17.7. The normalized spacial score (nSPS) is 12.0. The summed E-state index contributed by atoms with van der Waals surface area (Å²) in [5.74, 6) is -0.270. The van der Waals surface area contributed by atoms with Crippen LogP contribution in [-0.4, -0.2) is 12.6 Å². The maximum absolute atomic E-state index is 11.4. The van der Waals surface area contributed by atoms with E-state index >= 15 is 0 Å². The van der Waals surface area contributed by atoms with Crippen LogP contribution in [0, 0.1) is 0 Å². The van der Waals surface area contributed by atoms with Crippen LogP contribution in [0.1, 0.15) is 73.1 Å². The molecule has 0 unspecified atom stereocenters. The summed E-state index contributed by atoms with van der Waals surface area (Å²) in [5.41, 5.74) is 4.79. The Bertz CT molecular complexity index is 460. The lowest BCUT2D eigenvalue weighted by atomic mass is 10.0. The molecule has 130 valence electrons. The second-order valence-corrected chi connectivity index (χ2v) is 6.32. The van der Waals surface area contributed by atoms with Crippen LogP contribution in [0.5, 0.6) is 0 Å². The van der Waals surface area contributed by atoms with E-state index in [1.807, 2.05) is 6.92 Å². The summed E-state index contributed by atoms with van der Waals surface area (Å²) in [6.45, 7) is 14.6. The number of hydrogen-bond acceptors (Lipinski definition) is 2. The molecule has 0 rings (SSSR count). The third kappa shape index (κ3) is 12.6. The lowest BCUT2D eigenvalue weighted by Gasteiger charge is -2.04. The Labute approximate surface area is 143 Å². The van der Waals surface area contributed by atoms with E-state index in [2.05, 4.69) is 52.5 Å². The first kappa shape index (κ1) is 21.4. The minimum absolute atomic E-state index is 0.270. The zero-order valence-corrected chi connectivity index (χ0v) is 15.7. The van der Waals surface area contributed by atoms with E-state index in [-0.39, 0.29) is 5.97 Å². The molecule has 0 aliphatic rings. The van der Waals surface area contributed by atoms with Crippen LogP contribution in [0.3, 0.4) is 0 Å². The first-order valence-corrected chi connectivity index (χ1v) is 8.66. The van der Waals surface area contributed by atoms with Crippen LogP contribution in [0.4, 0.5) is 0 Å². The van der Waals surface area contributed by atoms with Crippen LogP contribution in [0.25, 0.3) is 0 Å². The van der Waals surface area contributed by atoms with Crippen molar-refractivity contribution in [3.05, 3.63) is 47.1 Å². The highest BCUT2D eigenvalue weighted by molar-refractivity contribution is 5.87. The minimum atomic E-state index is -0.270. The predicted molar refractivity (Wildman–Crippen MR) is 100 cm³/mol. The quantitative estimate of drug-likeness (QED) is 0.254. The van der Waals surface area contributed by atoms with Crippen LogP contribution in [-0.2, 0) is 9.53 Å². The van der Waals surface area contributed by atoms with E-state index in [1.165, 1.54) is 16.7 Å². The van der Waals surface area contributed by atoms with Crippen molar-refractivity contribution in [2.45, 2.75) is 73.1 Å². The van der Waals surface area contributed by atoms with Gasteiger partial charge in [-0.3, -0.25) is 0 Å². The van der Waals surface area contributed by atoms with Crippen LogP contribution in [0.2, 0.25) is 0 Å². The molecule has 2 nitrogen and oxygen atoms in total. The molecule has 0 amide bonds. The highest BCUT2D eigenvalue weighted by Gasteiger charge is 2.05. The van der Waals surface area contributed by atoms with Crippen LogP contribution < -0.4 is 0 Å². The van der Waals surface area contributed by atoms with E-state index in [4.69, 9.17) is 4.74 Å². The molecule has 23 heavy (non-hydrogen) atoms. The van der Waals surface area contributed by atoms with E-state index in [9.17, 15) is 4.79 Å². The van der Waals surface area contributed by atoms with Gasteiger partial charge in [-0.1, -0.05) is 41.5 Å². The van der Waals surface area contributed by atoms with Gasteiger partial charge in [0.05, 0.1) is 6.61 Å². The molecule has 0 bridgehead atoms. The van der Waals surface area contributed by atoms with E-state index < -0.39 is 0 Å². The first-order chi connectivity index (χ1) is 10.9. The number of carbonyl (C=O) groups is 1. The minimum Gasteiger partial charge on any atom is -0.463 e. The second kappa shape index (κ2) is 12.9. The topological polar surface area (TPSA) is 26.3 Å². The maximum Gasteiger partial charge on any atom is 0.333 e. The Morgan fingerprint density at radius 1 is 0.870 bits per heavy atom. The number of ether oxygens (including phenoxy) is 1. The number of hydrogen-bond donors (Lipinski definition) is 0. The fraction of sp³-hybridized carbons (Fsp3) is 0.571. The Kier molecular flexibility index (Phi) is 12.0. The summed E-state index contributed by atoms with van der Waals surface area (Å²) >= 11 is 0. The molecule has 2 heteroatoms. The van der Waals surface area contributed by atoms with Gasteiger partial charge in [0.25, 0.3) is 0 Å². The molecule has 0 aromatic heterocycles. The van der Waals surface area contributed by atoms with Gasteiger partial charge < -0.3 is 4.74 Å². The summed E-state index contributed by atoms with van der Waals surface area (Å²) in [6, 6.07) is 0.